The normalized spacial score (nSPS) is 11.1. The minimum Gasteiger partial charge on any atom is -0.354 e. The first-order chi connectivity index (χ1) is 14.5. The molecule has 0 saturated heterocycles. The molecule has 3 aromatic carbocycles. The van der Waals surface area contributed by atoms with Crippen LogP contribution in [-0.4, -0.2) is 33.2 Å². The van der Waals surface area contributed by atoms with Crippen LogP contribution in [-0.2, 0) is 14.8 Å². The van der Waals surface area contributed by atoms with Crippen molar-refractivity contribution in [2.24, 2.45) is 0 Å². The number of sulfonamides is 1. The van der Waals surface area contributed by atoms with Gasteiger partial charge in [-0.2, -0.15) is 0 Å². The minimum atomic E-state index is -3.93. The predicted molar refractivity (Wildman–Crippen MR) is 123 cm³/mol. The molecule has 0 aliphatic carbocycles. The fourth-order valence-corrected chi connectivity index (χ4v) is 5.14. The summed E-state index contributed by atoms with van der Waals surface area (Å²) in [6.07, 6.45) is 0. The lowest BCUT2D eigenvalue weighted by molar-refractivity contribution is -0.119. The van der Waals surface area contributed by atoms with E-state index >= 15 is 0 Å². The molecule has 156 valence electrons. The Labute approximate surface area is 186 Å². The average molecular weight is 461 g/mol. The molecule has 0 spiro atoms. The number of thioether (sulfide) groups is 1. The Morgan fingerprint density at radius 3 is 2.27 bits per heavy atom. The quantitative estimate of drug-likeness (QED) is 0.378. The molecule has 3 aromatic rings. The number of amides is 1. The number of benzene rings is 3. The molecule has 0 bridgehead atoms. The summed E-state index contributed by atoms with van der Waals surface area (Å²) >= 11 is 7.68. The molecule has 0 fully saturated rings. The summed E-state index contributed by atoms with van der Waals surface area (Å²) < 4.78 is 27.5. The van der Waals surface area contributed by atoms with Crippen LogP contribution in [0.3, 0.4) is 0 Å². The molecule has 8 heteroatoms. The van der Waals surface area contributed by atoms with Crippen LogP contribution in [0, 0.1) is 0 Å². The van der Waals surface area contributed by atoms with E-state index in [9.17, 15) is 13.2 Å². The van der Waals surface area contributed by atoms with E-state index in [0.717, 1.165) is 9.20 Å². The fraction of sp³-hybridized carbons (Fsp3) is 0.136. The van der Waals surface area contributed by atoms with Crippen molar-refractivity contribution < 1.29 is 13.2 Å². The zero-order chi connectivity index (χ0) is 21.4. The van der Waals surface area contributed by atoms with E-state index in [0.29, 0.717) is 23.0 Å². The minimum absolute atomic E-state index is 0.109. The lowest BCUT2D eigenvalue weighted by atomic mass is 10.3. The van der Waals surface area contributed by atoms with Crippen LogP contribution in [0.2, 0.25) is 5.02 Å². The Kier molecular flexibility index (Phi) is 7.79. The second-order valence-electron chi connectivity index (χ2n) is 6.32. The van der Waals surface area contributed by atoms with Crippen LogP contribution in [0.4, 0.5) is 5.69 Å². The van der Waals surface area contributed by atoms with Gasteiger partial charge in [-0.3, -0.25) is 9.10 Å². The molecule has 0 heterocycles. The van der Waals surface area contributed by atoms with Crippen LogP contribution >= 0.6 is 23.4 Å². The van der Waals surface area contributed by atoms with Crippen molar-refractivity contribution >= 4 is 45.0 Å². The van der Waals surface area contributed by atoms with Crippen molar-refractivity contribution in [2.45, 2.75) is 9.79 Å². The number of carbonyl (C=O) groups is 1. The standard InChI is InChI=1S/C22H21ClN2O3S2/c23-18-8-7-9-19(16-18)25(30(27,28)21-12-5-2-6-13-21)17-22(26)24-14-15-29-20-10-3-1-4-11-20/h1-13,16H,14-15,17H2,(H,24,26). The van der Waals surface area contributed by atoms with Crippen molar-refractivity contribution in [1.29, 1.82) is 0 Å². The van der Waals surface area contributed by atoms with Gasteiger partial charge in [0, 0.05) is 22.2 Å². The monoisotopic (exact) mass is 460 g/mol. The van der Waals surface area contributed by atoms with Crippen molar-refractivity contribution in [3.05, 3.63) is 90.0 Å². The highest BCUT2D eigenvalue weighted by Gasteiger charge is 2.27. The summed E-state index contributed by atoms with van der Waals surface area (Å²) in [6.45, 7) is 0.0841. The Morgan fingerprint density at radius 1 is 0.933 bits per heavy atom. The van der Waals surface area contributed by atoms with E-state index in [1.807, 2.05) is 30.3 Å². The first-order valence-electron chi connectivity index (χ1n) is 9.25. The van der Waals surface area contributed by atoms with Crippen LogP contribution in [0.5, 0.6) is 0 Å². The molecule has 5 nitrogen and oxygen atoms in total. The molecule has 3 rings (SSSR count). The van der Waals surface area contributed by atoms with Gasteiger partial charge in [0.05, 0.1) is 10.6 Å². The topological polar surface area (TPSA) is 66.5 Å². The molecule has 0 unspecified atom stereocenters. The summed E-state index contributed by atoms with van der Waals surface area (Å²) in [5.41, 5.74) is 0.333. The molecule has 1 N–H and O–H groups in total. The second kappa shape index (κ2) is 10.5. The van der Waals surface area contributed by atoms with Crippen molar-refractivity contribution in [3.8, 4) is 0 Å². The number of halogens is 1. The number of hydrogen-bond acceptors (Lipinski definition) is 4. The zero-order valence-electron chi connectivity index (χ0n) is 16.1. The third kappa shape index (κ3) is 6.01. The smallest absolute Gasteiger partial charge is 0.264 e. The maximum atomic E-state index is 13.2. The molecular weight excluding hydrogens is 440 g/mol. The first kappa shape index (κ1) is 22.2. The highest BCUT2D eigenvalue weighted by Crippen LogP contribution is 2.26. The number of hydrogen-bond donors (Lipinski definition) is 1. The molecule has 0 atom stereocenters. The van der Waals surface area contributed by atoms with Gasteiger partial charge in [-0.15, -0.1) is 11.8 Å². The van der Waals surface area contributed by atoms with Crippen LogP contribution in [0.15, 0.2) is 94.7 Å². The Bertz CT molecular complexity index is 1080. The van der Waals surface area contributed by atoms with Gasteiger partial charge in [-0.25, -0.2) is 8.42 Å². The van der Waals surface area contributed by atoms with Crippen LogP contribution in [0.1, 0.15) is 0 Å². The molecule has 0 aliphatic rings. The van der Waals surface area contributed by atoms with Crippen LogP contribution in [0.25, 0.3) is 0 Å². The fourth-order valence-electron chi connectivity index (χ4n) is 2.73. The Balaban J connectivity index is 1.70. The van der Waals surface area contributed by atoms with E-state index in [4.69, 9.17) is 11.6 Å². The molecule has 0 radical (unpaired) electrons. The van der Waals surface area contributed by atoms with E-state index in [2.05, 4.69) is 5.32 Å². The summed E-state index contributed by atoms with van der Waals surface area (Å²) in [5, 5.41) is 3.18. The molecule has 0 aliphatic heterocycles. The summed E-state index contributed by atoms with van der Waals surface area (Å²) in [4.78, 5) is 13.8. The van der Waals surface area contributed by atoms with Gasteiger partial charge in [0.15, 0.2) is 0 Å². The van der Waals surface area contributed by atoms with Gasteiger partial charge in [-0.05, 0) is 42.5 Å². The van der Waals surface area contributed by atoms with Crippen molar-refractivity contribution in [1.82, 2.24) is 5.32 Å². The molecule has 0 saturated carbocycles. The Hall–Kier alpha value is -2.48. The van der Waals surface area contributed by atoms with Crippen molar-refractivity contribution in [3.63, 3.8) is 0 Å². The zero-order valence-corrected chi connectivity index (χ0v) is 18.5. The van der Waals surface area contributed by atoms with Gasteiger partial charge >= 0.3 is 0 Å². The van der Waals surface area contributed by atoms with Gasteiger partial charge in [0.25, 0.3) is 10.0 Å². The summed E-state index contributed by atoms with van der Waals surface area (Å²) in [6, 6.07) is 24.3. The van der Waals surface area contributed by atoms with Gasteiger partial charge in [0.2, 0.25) is 5.91 Å². The maximum absolute atomic E-state index is 13.2. The molecular formula is C22H21ClN2O3S2. The van der Waals surface area contributed by atoms with Gasteiger partial charge in [0.1, 0.15) is 6.54 Å². The second-order valence-corrected chi connectivity index (χ2v) is 9.78. The number of rotatable bonds is 9. The molecule has 1 amide bonds. The highest BCUT2D eigenvalue weighted by atomic mass is 35.5. The summed E-state index contributed by atoms with van der Waals surface area (Å²) in [7, 11) is -3.93. The van der Waals surface area contributed by atoms with E-state index < -0.39 is 10.0 Å². The van der Waals surface area contributed by atoms with E-state index in [1.165, 1.54) is 18.2 Å². The SMILES string of the molecule is O=C(CN(c1cccc(Cl)c1)S(=O)(=O)c1ccccc1)NCCSc1ccccc1. The van der Waals surface area contributed by atoms with Gasteiger partial charge < -0.3 is 5.32 Å². The number of carbonyl (C=O) groups excluding carboxylic acids is 1. The third-order valence-electron chi connectivity index (χ3n) is 4.15. The first-order valence-corrected chi connectivity index (χ1v) is 12.0. The van der Waals surface area contributed by atoms with Gasteiger partial charge in [-0.1, -0.05) is 54.1 Å². The molecule has 30 heavy (non-hydrogen) atoms. The summed E-state index contributed by atoms with van der Waals surface area (Å²) in [5.74, 6) is 0.293. The maximum Gasteiger partial charge on any atom is 0.264 e. The molecule has 0 aromatic heterocycles. The average Bonchev–Trinajstić information content (AvgIpc) is 2.76. The Morgan fingerprint density at radius 2 is 1.60 bits per heavy atom. The van der Waals surface area contributed by atoms with Crippen molar-refractivity contribution in [2.75, 3.05) is 23.1 Å². The largest absolute Gasteiger partial charge is 0.354 e. The van der Waals surface area contributed by atoms with E-state index in [-0.39, 0.29) is 17.3 Å². The number of nitrogens with zero attached hydrogens (tertiary/aromatic N) is 1. The van der Waals surface area contributed by atoms with Crippen LogP contribution < -0.4 is 9.62 Å². The number of nitrogens with one attached hydrogen (secondary N) is 1. The lowest BCUT2D eigenvalue weighted by Crippen LogP contribution is -2.41. The number of anilines is 1. The predicted octanol–water partition coefficient (Wildman–Crippen LogP) is 4.44. The van der Waals surface area contributed by atoms with E-state index in [1.54, 1.807) is 48.2 Å². The highest BCUT2D eigenvalue weighted by molar-refractivity contribution is 7.99. The third-order valence-corrected chi connectivity index (χ3v) is 7.19. The lowest BCUT2D eigenvalue weighted by Gasteiger charge is -2.24.